The summed E-state index contributed by atoms with van der Waals surface area (Å²) in [5, 5.41) is 11.6. The van der Waals surface area contributed by atoms with Gasteiger partial charge in [0, 0.05) is 25.7 Å². The third-order valence-electron chi connectivity index (χ3n) is 4.38. The Labute approximate surface area is 162 Å². The van der Waals surface area contributed by atoms with Crippen molar-refractivity contribution in [3.8, 4) is 5.69 Å². The first kappa shape index (κ1) is 22.6. The number of halogens is 5. The summed E-state index contributed by atoms with van der Waals surface area (Å²) in [5.41, 5.74) is -0.168. The van der Waals surface area contributed by atoms with E-state index in [9.17, 15) is 13.2 Å². The van der Waals surface area contributed by atoms with Crippen LogP contribution in [0, 0.1) is 0 Å². The Kier molecular flexibility index (Phi) is 7.82. The van der Waals surface area contributed by atoms with E-state index in [0.29, 0.717) is 24.1 Å². The van der Waals surface area contributed by atoms with Gasteiger partial charge >= 0.3 is 6.18 Å². The fraction of sp³-hybridized carbons (Fsp3) is 0.533. The van der Waals surface area contributed by atoms with Crippen LogP contribution in [0.1, 0.15) is 18.3 Å². The van der Waals surface area contributed by atoms with Crippen LogP contribution in [0.2, 0.25) is 0 Å². The number of hydrogen-bond acceptors (Lipinski definition) is 5. The van der Waals surface area contributed by atoms with Gasteiger partial charge in [-0.15, -0.1) is 29.9 Å². The lowest BCUT2D eigenvalue weighted by Crippen LogP contribution is -2.49. The Morgan fingerprint density at radius 3 is 2.35 bits per heavy atom. The van der Waals surface area contributed by atoms with Crippen molar-refractivity contribution < 1.29 is 13.2 Å². The van der Waals surface area contributed by atoms with Crippen molar-refractivity contribution in [3.05, 3.63) is 35.7 Å². The van der Waals surface area contributed by atoms with Gasteiger partial charge in [0.1, 0.15) is 0 Å². The topological polar surface area (TPSA) is 50.1 Å². The Morgan fingerprint density at radius 1 is 1.12 bits per heavy atom. The molecule has 1 aliphatic heterocycles. The summed E-state index contributed by atoms with van der Waals surface area (Å²) in [4.78, 5) is 4.53. The van der Waals surface area contributed by atoms with Crippen LogP contribution < -0.4 is 0 Å². The standard InChI is InChI=1S/C15H19F3N6.2ClH/c1-11-9-23(8-7-22(11)2)10-14-19-20-21-24(14)13-5-3-12(4-6-13)15(16,17)18;;/h3-6,11H,7-10H2,1-2H3;2*1H. The molecular weight excluding hydrogens is 392 g/mol. The lowest BCUT2D eigenvalue weighted by atomic mass is 10.2. The fourth-order valence-corrected chi connectivity index (χ4v) is 2.76. The molecule has 0 spiro atoms. The van der Waals surface area contributed by atoms with Gasteiger partial charge in [-0.3, -0.25) is 4.90 Å². The molecule has 1 aromatic heterocycles. The first-order valence-corrected chi connectivity index (χ1v) is 7.72. The first-order chi connectivity index (χ1) is 11.3. The lowest BCUT2D eigenvalue weighted by molar-refractivity contribution is -0.137. The highest BCUT2D eigenvalue weighted by Gasteiger charge is 2.30. The molecule has 0 bridgehead atoms. The molecule has 2 aromatic rings. The van der Waals surface area contributed by atoms with E-state index in [2.05, 4.69) is 39.3 Å². The number of rotatable bonds is 3. The lowest BCUT2D eigenvalue weighted by Gasteiger charge is -2.37. The van der Waals surface area contributed by atoms with Crippen molar-refractivity contribution in [1.82, 2.24) is 30.0 Å². The molecule has 11 heteroatoms. The van der Waals surface area contributed by atoms with Crippen molar-refractivity contribution in [2.24, 2.45) is 0 Å². The van der Waals surface area contributed by atoms with Gasteiger partial charge in [-0.2, -0.15) is 17.9 Å². The third-order valence-corrected chi connectivity index (χ3v) is 4.38. The van der Waals surface area contributed by atoms with Crippen LogP contribution in [0.3, 0.4) is 0 Å². The summed E-state index contributed by atoms with van der Waals surface area (Å²) < 4.78 is 39.5. The maximum Gasteiger partial charge on any atom is 0.416 e. The molecule has 0 amide bonds. The Morgan fingerprint density at radius 2 is 1.77 bits per heavy atom. The zero-order valence-corrected chi connectivity index (χ0v) is 16.0. The number of hydrogen-bond donors (Lipinski definition) is 0. The van der Waals surface area contributed by atoms with Crippen molar-refractivity contribution in [3.63, 3.8) is 0 Å². The number of tetrazole rings is 1. The third kappa shape index (κ3) is 5.06. The molecule has 6 nitrogen and oxygen atoms in total. The smallest absolute Gasteiger partial charge is 0.301 e. The minimum Gasteiger partial charge on any atom is -0.301 e. The van der Waals surface area contributed by atoms with E-state index in [-0.39, 0.29) is 24.8 Å². The summed E-state index contributed by atoms with van der Waals surface area (Å²) in [5.74, 6) is 0.617. The summed E-state index contributed by atoms with van der Waals surface area (Å²) >= 11 is 0. The van der Waals surface area contributed by atoms with Crippen LogP contribution in [0.15, 0.2) is 24.3 Å². The maximum atomic E-state index is 12.7. The summed E-state index contributed by atoms with van der Waals surface area (Å²) in [6.45, 7) is 5.48. The minimum atomic E-state index is -4.35. The molecule has 0 saturated carbocycles. The van der Waals surface area contributed by atoms with E-state index >= 15 is 0 Å². The highest BCUT2D eigenvalue weighted by molar-refractivity contribution is 5.85. The average molecular weight is 413 g/mol. The van der Waals surface area contributed by atoms with Gasteiger partial charge < -0.3 is 4.90 Å². The van der Waals surface area contributed by atoms with Gasteiger partial charge in [-0.1, -0.05) is 0 Å². The molecule has 1 unspecified atom stereocenters. The van der Waals surface area contributed by atoms with Crippen molar-refractivity contribution in [2.45, 2.75) is 25.7 Å². The van der Waals surface area contributed by atoms with Crippen LogP contribution in [0.5, 0.6) is 0 Å². The first-order valence-electron chi connectivity index (χ1n) is 7.72. The highest BCUT2D eigenvalue weighted by Crippen LogP contribution is 2.29. The van der Waals surface area contributed by atoms with Gasteiger partial charge in [0.25, 0.3) is 0 Å². The Bertz CT molecular complexity index is 691. The number of nitrogens with zero attached hydrogens (tertiary/aromatic N) is 6. The summed E-state index contributed by atoms with van der Waals surface area (Å²) in [7, 11) is 2.09. The zero-order chi connectivity index (χ0) is 17.3. The minimum absolute atomic E-state index is 0. The largest absolute Gasteiger partial charge is 0.416 e. The number of piperazine rings is 1. The van der Waals surface area contributed by atoms with Crippen molar-refractivity contribution >= 4 is 24.8 Å². The second-order valence-electron chi connectivity index (χ2n) is 6.12. The zero-order valence-electron chi connectivity index (χ0n) is 14.3. The van der Waals surface area contributed by atoms with Crippen LogP contribution >= 0.6 is 24.8 Å². The SMILES string of the molecule is CC1CN(Cc2nnnn2-c2ccc(C(F)(F)F)cc2)CCN1C.Cl.Cl. The normalized spacial score (nSPS) is 18.9. The van der Waals surface area contributed by atoms with Crippen LogP contribution in [0.25, 0.3) is 5.69 Å². The van der Waals surface area contributed by atoms with Gasteiger partial charge in [0.05, 0.1) is 17.8 Å². The second-order valence-corrected chi connectivity index (χ2v) is 6.12. The summed E-state index contributed by atoms with van der Waals surface area (Å²) in [6, 6.07) is 5.29. The monoisotopic (exact) mass is 412 g/mol. The summed E-state index contributed by atoms with van der Waals surface area (Å²) in [6.07, 6.45) is -4.35. The molecule has 1 fully saturated rings. The average Bonchev–Trinajstić information content (AvgIpc) is 2.98. The van der Waals surface area contributed by atoms with E-state index < -0.39 is 11.7 Å². The maximum absolute atomic E-state index is 12.7. The molecule has 1 aliphatic rings. The Hall–Kier alpha value is -1.42. The molecule has 0 radical (unpaired) electrons. The van der Waals surface area contributed by atoms with Crippen LogP contribution in [-0.4, -0.2) is 62.7 Å². The molecule has 1 atom stereocenters. The van der Waals surface area contributed by atoms with Crippen LogP contribution in [0.4, 0.5) is 13.2 Å². The van der Waals surface area contributed by atoms with E-state index in [1.807, 2.05) is 0 Å². The predicted molar refractivity (Wildman–Crippen MR) is 96.0 cm³/mol. The van der Waals surface area contributed by atoms with Gasteiger partial charge in [-0.25, -0.2) is 0 Å². The van der Waals surface area contributed by atoms with Gasteiger partial charge in [-0.05, 0) is 48.7 Å². The number of likely N-dealkylation sites (N-methyl/N-ethyl adjacent to an activating group) is 1. The molecule has 2 heterocycles. The molecule has 0 aliphatic carbocycles. The van der Waals surface area contributed by atoms with Gasteiger partial charge in [0.15, 0.2) is 5.82 Å². The van der Waals surface area contributed by atoms with Crippen molar-refractivity contribution in [1.29, 1.82) is 0 Å². The fourth-order valence-electron chi connectivity index (χ4n) is 2.76. The molecule has 1 aromatic carbocycles. The second kappa shape index (κ2) is 8.98. The number of alkyl halides is 3. The van der Waals surface area contributed by atoms with E-state index in [1.54, 1.807) is 0 Å². The van der Waals surface area contributed by atoms with Crippen molar-refractivity contribution in [2.75, 3.05) is 26.7 Å². The highest BCUT2D eigenvalue weighted by atomic mass is 35.5. The molecule has 26 heavy (non-hydrogen) atoms. The molecule has 3 rings (SSSR count). The Balaban J connectivity index is 0.00000169. The molecule has 1 saturated heterocycles. The van der Waals surface area contributed by atoms with Gasteiger partial charge in [0.2, 0.25) is 0 Å². The number of aromatic nitrogens is 4. The number of benzene rings is 1. The molecule has 0 N–H and O–H groups in total. The quantitative estimate of drug-likeness (QED) is 0.775. The predicted octanol–water partition coefficient (Wildman–Crippen LogP) is 2.66. The van der Waals surface area contributed by atoms with E-state index in [4.69, 9.17) is 0 Å². The van der Waals surface area contributed by atoms with E-state index in [0.717, 1.165) is 31.8 Å². The molecular formula is C15H21Cl2F3N6. The van der Waals surface area contributed by atoms with E-state index in [1.165, 1.54) is 16.8 Å². The molecule has 146 valence electrons. The van der Waals surface area contributed by atoms with Crippen LogP contribution in [-0.2, 0) is 12.7 Å².